The summed E-state index contributed by atoms with van der Waals surface area (Å²) >= 11 is 1.63. The summed E-state index contributed by atoms with van der Waals surface area (Å²) in [5, 5.41) is 5.24. The highest BCUT2D eigenvalue weighted by Crippen LogP contribution is 2.30. The lowest BCUT2D eigenvalue weighted by atomic mass is 10.2. The Bertz CT molecular complexity index is 401. The molecule has 3 N–H and O–H groups in total. The van der Waals surface area contributed by atoms with E-state index >= 15 is 0 Å². The van der Waals surface area contributed by atoms with Gasteiger partial charge in [-0.3, -0.25) is 4.79 Å². The lowest BCUT2D eigenvalue weighted by Crippen LogP contribution is -2.11. The van der Waals surface area contributed by atoms with Crippen molar-refractivity contribution in [3.63, 3.8) is 0 Å². The second-order valence-electron chi connectivity index (χ2n) is 2.95. The number of nitrogens with one attached hydrogen (secondary N) is 1. The summed E-state index contributed by atoms with van der Waals surface area (Å²) < 4.78 is 0. The van der Waals surface area contributed by atoms with Crippen molar-refractivity contribution >= 4 is 23.4 Å². The fourth-order valence-electron chi connectivity index (χ4n) is 1.26. The van der Waals surface area contributed by atoms with Crippen LogP contribution in [-0.4, -0.2) is 12.5 Å². The molecule has 0 saturated heterocycles. The van der Waals surface area contributed by atoms with Crippen LogP contribution >= 0.6 is 11.8 Å². The third kappa shape index (κ3) is 1.75. The van der Waals surface area contributed by atoms with Crippen molar-refractivity contribution < 1.29 is 4.79 Å². The summed E-state index contributed by atoms with van der Waals surface area (Å²) in [5.74, 6) is -0.392. The fourth-order valence-corrected chi connectivity index (χ4v) is 2.01. The second kappa shape index (κ2) is 3.75. The molecule has 0 unspecified atom stereocenters. The van der Waals surface area contributed by atoms with E-state index in [-0.39, 0.29) is 0 Å². The molecule has 1 aliphatic heterocycles. The number of carbonyl (C=O) groups is 1. The van der Waals surface area contributed by atoms with Crippen LogP contribution < -0.4 is 11.1 Å². The minimum absolute atomic E-state index is 0.392. The van der Waals surface area contributed by atoms with Crippen LogP contribution in [0, 0.1) is 0 Å². The molecule has 72 valence electrons. The quantitative estimate of drug-likeness (QED) is 0.737. The molecule has 0 spiro atoms. The molecule has 14 heavy (non-hydrogen) atoms. The topological polar surface area (TPSA) is 55.1 Å². The zero-order valence-corrected chi connectivity index (χ0v) is 8.30. The average Bonchev–Trinajstić information content (AvgIpc) is 2.41. The van der Waals surface area contributed by atoms with Gasteiger partial charge in [-0.15, -0.1) is 0 Å². The van der Waals surface area contributed by atoms with E-state index in [0.29, 0.717) is 5.56 Å². The lowest BCUT2D eigenvalue weighted by molar-refractivity contribution is 0.100. The molecule has 1 amide bonds. The van der Waals surface area contributed by atoms with Gasteiger partial charge in [0.05, 0.1) is 0 Å². The number of nitrogens with two attached hydrogens (primary N) is 1. The van der Waals surface area contributed by atoms with Crippen LogP contribution in [0.5, 0.6) is 0 Å². The molecule has 2 rings (SSSR count). The molecule has 0 aliphatic carbocycles. The van der Waals surface area contributed by atoms with Gasteiger partial charge in [-0.05, 0) is 23.6 Å². The van der Waals surface area contributed by atoms with Gasteiger partial charge < -0.3 is 11.1 Å². The van der Waals surface area contributed by atoms with E-state index in [0.717, 1.165) is 17.1 Å². The summed E-state index contributed by atoms with van der Waals surface area (Å²) in [6.07, 6.45) is 2.04. The number of fused-ring (bicyclic) bond motifs is 1. The SMILES string of the molecule is NC(=O)c1ccc2c(c1)NCC=CS2. The molecule has 1 aromatic rings. The minimum Gasteiger partial charge on any atom is -0.381 e. The number of rotatable bonds is 1. The van der Waals surface area contributed by atoms with E-state index < -0.39 is 5.91 Å². The third-order valence-electron chi connectivity index (χ3n) is 1.97. The van der Waals surface area contributed by atoms with E-state index in [9.17, 15) is 4.79 Å². The number of primary amides is 1. The van der Waals surface area contributed by atoms with Crippen LogP contribution in [0.25, 0.3) is 0 Å². The number of thioether (sulfide) groups is 1. The van der Waals surface area contributed by atoms with Gasteiger partial charge in [-0.25, -0.2) is 0 Å². The normalized spacial score (nSPS) is 14.0. The monoisotopic (exact) mass is 206 g/mol. The highest BCUT2D eigenvalue weighted by atomic mass is 32.2. The third-order valence-corrected chi connectivity index (χ3v) is 2.90. The maximum Gasteiger partial charge on any atom is 0.248 e. The molecule has 0 bridgehead atoms. The number of benzene rings is 1. The van der Waals surface area contributed by atoms with Gasteiger partial charge in [-0.2, -0.15) is 0 Å². The van der Waals surface area contributed by atoms with Crippen LogP contribution in [0.15, 0.2) is 34.6 Å². The lowest BCUT2D eigenvalue weighted by Gasteiger charge is -2.07. The van der Waals surface area contributed by atoms with Gasteiger partial charge in [0, 0.05) is 22.7 Å². The van der Waals surface area contributed by atoms with Crippen LogP contribution in [-0.2, 0) is 0 Å². The van der Waals surface area contributed by atoms with Crippen molar-refractivity contribution in [3.8, 4) is 0 Å². The van der Waals surface area contributed by atoms with Crippen LogP contribution in [0.1, 0.15) is 10.4 Å². The van der Waals surface area contributed by atoms with Crippen LogP contribution in [0.4, 0.5) is 5.69 Å². The summed E-state index contributed by atoms with van der Waals surface area (Å²) in [4.78, 5) is 12.1. The zero-order chi connectivity index (χ0) is 9.97. The Hall–Kier alpha value is -1.42. The Morgan fingerprint density at radius 3 is 3.14 bits per heavy atom. The van der Waals surface area contributed by atoms with Gasteiger partial charge in [0.15, 0.2) is 0 Å². The molecular formula is C10H10N2OS. The highest BCUT2D eigenvalue weighted by molar-refractivity contribution is 8.02. The molecule has 1 aromatic carbocycles. The van der Waals surface area contributed by atoms with E-state index in [1.165, 1.54) is 0 Å². The van der Waals surface area contributed by atoms with Gasteiger partial charge in [0.25, 0.3) is 0 Å². The molecule has 0 radical (unpaired) electrons. The predicted molar refractivity (Wildman–Crippen MR) is 58.4 cm³/mol. The minimum atomic E-state index is -0.392. The summed E-state index contributed by atoms with van der Waals surface area (Å²) in [5.41, 5.74) is 6.71. The Balaban J connectivity index is 2.40. The summed E-state index contributed by atoms with van der Waals surface area (Å²) in [6.45, 7) is 0.780. The van der Waals surface area contributed by atoms with E-state index in [1.54, 1.807) is 23.9 Å². The van der Waals surface area contributed by atoms with Crippen molar-refractivity contribution in [2.75, 3.05) is 11.9 Å². The van der Waals surface area contributed by atoms with Gasteiger partial charge in [0.1, 0.15) is 0 Å². The van der Waals surface area contributed by atoms with Crippen molar-refractivity contribution in [1.82, 2.24) is 0 Å². The van der Waals surface area contributed by atoms with Crippen molar-refractivity contribution in [3.05, 3.63) is 35.2 Å². The Kier molecular flexibility index (Phi) is 2.45. The number of amides is 1. The number of anilines is 1. The molecule has 0 aromatic heterocycles. The standard InChI is InChI=1S/C10H10N2OS/c11-10(13)7-2-3-9-8(6-7)12-4-1-5-14-9/h1-3,5-6,12H,4H2,(H2,11,13). The maximum absolute atomic E-state index is 10.9. The second-order valence-corrected chi connectivity index (χ2v) is 3.89. The maximum atomic E-state index is 10.9. The fraction of sp³-hybridized carbons (Fsp3) is 0.100. The van der Waals surface area contributed by atoms with Gasteiger partial charge in [0.2, 0.25) is 5.91 Å². The molecule has 4 heteroatoms. The smallest absolute Gasteiger partial charge is 0.248 e. The highest BCUT2D eigenvalue weighted by Gasteiger charge is 2.07. The molecular weight excluding hydrogens is 196 g/mol. The molecule has 0 fully saturated rings. The summed E-state index contributed by atoms with van der Waals surface area (Å²) in [6, 6.07) is 5.44. The van der Waals surface area contributed by atoms with Crippen LogP contribution in [0.2, 0.25) is 0 Å². The largest absolute Gasteiger partial charge is 0.381 e. The predicted octanol–water partition coefficient (Wildman–Crippen LogP) is 1.82. The zero-order valence-electron chi connectivity index (χ0n) is 7.49. The Labute approximate surface area is 86.4 Å². The number of carbonyl (C=O) groups excluding carboxylic acids is 1. The molecule has 3 nitrogen and oxygen atoms in total. The van der Waals surface area contributed by atoms with Crippen molar-refractivity contribution in [2.45, 2.75) is 4.90 Å². The first-order chi connectivity index (χ1) is 6.77. The van der Waals surface area contributed by atoms with Crippen molar-refractivity contribution in [1.29, 1.82) is 0 Å². The first kappa shape index (κ1) is 9.15. The first-order valence-electron chi connectivity index (χ1n) is 4.27. The Morgan fingerprint density at radius 2 is 2.36 bits per heavy atom. The molecule has 0 saturated carbocycles. The Morgan fingerprint density at radius 1 is 1.50 bits per heavy atom. The number of hydrogen-bond acceptors (Lipinski definition) is 3. The molecule has 1 aliphatic rings. The summed E-state index contributed by atoms with van der Waals surface area (Å²) in [7, 11) is 0. The molecule has 1 heterocycles. The average molecular weight is 206 g/mol. The van der Waals surface area contributed by atoms with Gasteiger partial charge >= 0.3 is 0 Å². The first-order valence-corrected chi connectivity index (χ1v) is 5.15. The van der Waals surface area contributed by atoms with Crippen molar-refractivity contribution in [2.24, 2.45) is 5.73 Å². The molecule has 0 atom stereocenters. The van der Waals surface area contributed by atoms with E-state index in [2.05, 4.69) is 5.32 Å². The van der Waals surface area contributed by atoms with Crippen LogP contribution in [0.3, 0.4) is 0 Å². The van der Waals surface area contributed by atoms with E-state index in [4.69, 9.17) is 5.73 Å². The number of hydrogen-bond donors (Lipinski definition) is 2. The van der Waals surface area contributed by atoms with E-state index in [1.807, 2.05) is 17.6 Å². The van der Waals surface area contributed by atoms with Gasteiger partial charge in [-0.1, -0.05) is 17.8 Å².